The highest BCUT2D eigenvalue weighted by Gasteiger charge is 2.19. The maximum Gasteiger partial charge on any atom is 0.343 e. The molecule has 0 aliphatic rings. The van der Waals surface area contributed by atoms with Crippen LogP contribution in [0.4, 0.5) is 4.39 Å². The van der Waals surface area contributed by atoms with E-state index >= 15 is 0 Å². The molecule has 0 atom stereocenters. The van der Waals surface area contributed by atoms with Crippen LogP contribution in [0.3, 0.4) is 0 Å². The smallest absolute Gasteiger partial charge is 0.343 e. The van der Waals surface area contributed by atoms with Crippen molar-refractivity contribution in [2.24, 2.45) is 0 Å². The molecule has 0 saturated heterocycles. The Kier molecular flexibility index (Phi) is 12.0. The fourth-order valence-electron chi connectivity index (χ4n) is 4.27. The molecule has 0 fully saturated rings. The Morgan fingerprint density at radius 3 is 1.92 bits per heavy atom. The van der Waals surface area contributed by atoms with Crippen LogP contribution in [0.15, 0.2) is 66.7 Å². The van der Waals surface area contributed by atoms with Crippen LogP contribution in [0.25, 0.3) is 11.1 Å². The minimum Gasteiger partial charge on any atom is -0.494 e. The van der Waals surface area contributed by atoms with Gasteiger partial charge in [-0.1, -0.05) is 77.1 Å². The normalized spacial score (nSPS) is 10.9. The van der Waals surface area contributed by atoms with Gasteiger partial charge in [-0.25, -0.2) is 14.0 Å². The van der Waals surface area contributed by atoms with Gasteiger partial charge in [-0.15, -0.1) is 0 Å². The number of hydrogen-bond acceptors (Lipinski definition) is 5. The number of rotatable bonds is 15. The van der Waals surface area contributed by atoms with E-state index < -0.39 is 17.8 Å². The fourth-order valence-corrected chi connectivity index (χ4v) is 4.27. The molecule has 6 heteroatoms. The van der Waals surface area contributed by atoms with E-state index in [4.69, 9.17) is 14.2 Å². The van der Waals surface area contributed by atoms with Crippen LogP contribution >= 0.6 is 0 Å². The monoisotopic (exact) mass is 534 g/mol. The molecule has 0 spiro atoms. The van der Waals surface area contributed by atoms with Crippen molar-refractivity contribution in [2.45, 2.75) is 78.2 Å². The number of ether oxygens (including phenoxy) is 3. The minimum atomic E-state index is -0.791. The zero-order valence-electron chi connectivity index (χ0n) is 23.2. The number of carbonyl (C=O) groups is 2. The molecule has 0 unspecified atom stereocenters. The van der Waals surface area contributed by atoms with Crippen molar-refractivity contribution in [1.82, 2.24) is 0 Å². The van der Waals surface area contributed by atoms with Gasteiger partial charge in [0.05, 0.1) is 17.7 Å². The highest BCUT2D eigenvalue weighted by atomic mass is 19.1. The lowest BCUT2D eigenvalue weighted by Gasteiger charge is -2.16. The van der Waals surface area contributed by atoms with Gasteiger partial charge >= 0.3 is 11.9 Å². The zero-order chi connectivity index (χ0) is 28.0. The molecule has 0 aromatic heterocycles. The molecular weight excluding hydrogens is 495 g/mol. The summed E-state index contributed by atoms with van der Waals surface area (Å²) in [6, 6.07) is 18.6. The van der Waals surface area contributed by atoms with E-state index in [1.165, 1.54) is 31.4 Å². The Balaban J connectivity index is 1.57. The van der Waals surface area contributed by atoms with Gasteiger partial charge in [-0.3, -0.25) is 0 Å². The maximum absolute atomic E-state index is 14.7. The van der Waals surface area contributed by atoms with E-state index in [1.54, 1.807) is 12.1 Å². The van der Waals surface area contributed by atoms with Crippen molar-refractivity contribution in [2.75, 3.05) is 6.61 Å². The van der Waals surface area contributed by atoms with Crippen LogP contribution in [0.2, 0.25) is 0 Å². The Hall–Kier alpha value is -3.67. The second-order valence-corrected chi connectivity index (χ2v) is 9.65. The predicted molar refractivity (Wildman–Crippen MR) is 152 cm³/mol. The van der Waals surface area contributed by atoms with Gasteiger partial charge in [-0.05, 0) is 66.8 Å². The van der Waals surface area contributed by atoms with E-state index in [0.29, 0.717) is 12.2 Å². The molecule has 0 saturated carbocycles. The summed E-state index contributed by atoms with van der Waals surface area (Å²) in [5.41, 5.74) is 2.10. The lowest BCUT2D eigenvalue weighted by molar-refractivity contribution is 0.0253. The van der Waals surface area contributed by atoms with Gasteiger partial charge in [0, 0.05) is 6.07 Å². The van der Waals surface area contributed by atoms with Crippen LogP contribution in [0, 0.1) is 5.82 Å². The topological polar surface area (TPSA) is 61.8 Å². The van der Waals surface area contributed by atoms with Crippen LogP contribution in [-0.2, 0) is 4.74 Å². The van der Waals surface area contributed by atoms with Crippen molar-refractivity contribution in [1.29, 1.82) is 0 Å². The largest absolute Gasteiger partial charge is 0.494 e. The summed E-state index contributed by atoms with van der Waals surface area (Å²) in [6.45, 7) is 6.92. The van der Waals surface area contributed by atoms with Gasteiger partial charge in [-0.2, -0.15) is 0 Å². The Labute approximate surface area is 231 Å². The predicted octanol–water partition coefficient (Wildman–Crippen LogP) is 8.80. The van der Waals surface area contributed by atoms with Gasteiger partial charge in [0.2, 0.25) is 0 Å². The summed E-state index contributed by atoms with van der Waals surface area (Å²) < 4.78 is 31.3. The van der Waals surface area contributed by atoms with E-state index in [-0.39, 0.29) is 17.4 Å². The van der Waals surface area contributed by atoms with E-state index in [1.807, 2.05) is 50.2 Å². The van der Waals surface area contributed by atoms with Crippen molar-refractivity contribution in [3.63, 3.8) is 0 Å². The number of benzene rings is 3. The molecule has 3 rings (SSSR count). The first-order valence-electron chi connectivity index (χ1n) is 14.0. The number of hydrogen-bond donors (Lipinski definition) is 0. The first kappa shape index (κ1) is 29.9. The van der Waals surface area contributed by atoms with E-state index in [2.05, 4.69) is 6.92 Å². The first-order chi connectivity index (χ1) is 18.9. The molecule has 3 aromatic carbocycles. The highest BCUT2D eigenvalue weighted by Crippen LogP contribution is 2.24. The minimum absolute atomic E-state index is 0.0158. The van der Waals surface area contributed by atoms with Crippen LogP contribution in [-0.4, -0.2) is 24.6 Å². The molecule has 3 aromatic rings. The third-order valence-corrected chi connectivity index (χ3v) is 6.44. The van der Waals surface area contributed by atoms with E-state index in [0.717, 1.165) is 55.0 Å². The highest BCUT2D eigenvalue weighted by molar-refractivity contribution is 5.92. The average Bonchev–Trinajstić information content (AvgIpc) is 2.93. The number of esters is 2. The summed E-state index contributed by atoms with van der Waals surface area (Å²) in [5, 5.41) is 0. The van der Waals surface area contributed by atoms with Crippen LogP contribution in [0.5, 0.6) is 11.5 Å². The summed E-state index contributed by atoms with van der Waals surface area (Å²) >= 11 is 0. The molecular formula is C33H39FO5. The van der Waals surface area contributed by atoms with Gasteiger partial charge in [0.25, 0.3) is 0 Å². The maximum atomic E-state index is 14.7. The van der Waals surface area contributed by atoms with Crippen molar-refractivity contribution < 1.29 is 28.2 Å². The SMILES string of the molecule is CCCCCCOc1ccc(-c2ccc(C(=O)Oc3ccc(C(=O)OC(CCC)CCC)c(F)c3)cc2)cc1. The third-order valence-electron chi connectivity index (χ3n) is 6.44. The molecule has 0 radical (unpaired) electrons. The number of unbranched alkanes of at least 4 members (excludes halogenated alkanes) is 3. The van der Waals surface area contributed by atoms with Gasteiger partial charge < -0.3 is 14.2 Å². The summed E-state index contributed by atoms with van der Waals surface area (Å²) in [6.07, 6.45) is 7.62. The summed E-state index contributed by atoms with van der Waals surface area (Å²) in [4.78, 5) is 25.1. The number of halogens is 1. The molecule has 0 bridgehead atoms. The molecule has 0 aliphatic carbocycles. The molecule has 208 valence electrons. The Morgan fingerprint density at radius 1 is 0.718 bits per heavy atom. The molecule has 0 amide bonds. The Morgan fingerprint density at radius 2 is 1.33 bits per heavy atom. The Bertz CT molecular complexity index is 1180. The standard InChI is InChI=1S/C33H39FO5/c1-4-7-8-9-22-37-27-18-16-25(17-19-27)24-12-14-26(15-13-24)32(35)39-29-20-21-30(31(34)23-29)33(36)38-28(10-5-2)11-6-3/h12-21,23,28H,4-11,22H2,1-3H3. The van der Waals surface area contributed by atoms with Crippen molar-refractivity contribution in [3.8, 4) is 22.6 Å². The number of carbonyl (C=O) groups excluding carboxylic acids is 2. The van der Waals surface area contributed by atoms with E-state index in [9.17, 15) is 14.0 Å². The molecule has 39 heavy (non-hydrogen) atoms. The quantitative estimate of drug-likeness (QED) is 0.111. The van der Waals surface area contributed by atoms with Gasteiger partial charge in [0.1, 0.15) is 23.4 Å². The first-order valence-corrected chi connectivity index (χ1v) is 14.0. The summed E-state index contributed by atoms with van der Waals surface area (Å²) in [5.74, 6) is -1.26. The third kappa shape index (κ3) is 9.24. The molecule has 0 heterocycles. The van der Waals surface area contributed by atoms with Crippen LogP contribution in [0.1, 0.15) is 92.9 Å². The van der Waals surface area contributed by atoms with Crippen LogP contribution < -0.4 is 9.47 Å². The summed E-state index contributed by atoms with van der Waals surface area (Å²) in [7, 11) is 0. The zero-order valence-corrected chi connectivity index (χ0v) is 23.2. The second kappa shape index (κ2) is 15.7. The second-order valence-electron chi connectivity index (χ2n) is 9.65. The van der Waals surface area contributed by atoms with Crippen molar-refractivity contribution >= 4 is 11.9 Å². The van der Waals surface area contributed by atoms with Crippen molar-refractivity contribution in [3.05, 3.63) is 83.7 Å². The average molecular weight is 535 g/mol. The lowest BCUT2D eigenvalue weighted by Crippen LogP contribution is -2.19. The molecule has 0 aliphatic heterocycles. The lowest BCUT2D eigenvalue weighted by atomic mass is 10.0. The molecule has 0 N–H and O–H groups in total. The molecule has 5 nitrogen and oxygen atoms in total. The fraction of sp³-hybridized carbons (Fsp3) is 0.394. The van der Waals surface area contributed by atoms with Gasteiger partial charge in [0.15, 0.2) is 0 Å².